The van der Waals surface area contributed by atoms with Gasteiger partial charge in [0.2, 0.25) is 5.09 Å². The van der Waals surface area contributed by atoms with Gasteiger partial charge in [-0.1, -0.05) is 0 Å². The van der Waals surface area contributed by atoms with Gasteiger partial charge in [-0.3, -0.25) is 0 Å². The van der Waals surface area contributed by atoms with Crippen molar-refractivity contribution in [3.05, 3.63) is 18.4 Å². The van der Waals surface area contributed by atoms with Gasteiger partial charge in [-0.25, -0.2) is 13.1 Å². The van der Waals surface area contributed by atoms with Crippen LogP contribution in [0.3, 0.4) is 0 Å². The van der Waals surface area contributed by atoms with E-state index in [4.69, 9.17) is 4.42 Å². The van der Waals surface area contributed by atoms with Gasteiger partial charge >= 0.3 is 0 Å². The van der Waals surface area contributed by atoms with Gasteiger partial charge in [0.25, 0.3) is 20.2 Å². The van der Waals surface area contributed by atoms with Crippen LogP contribution in [0, 0.1) is 0 Å². The average Bonchev–Trinajstić information content (AvgIpc) is 2.93. The zero-order chi connectivity index (χ0) is 14.1. The van der Waals surface area contributed by atoms with Crippen molar-refractivity contribution in [1.29, 1.82) is 0 Å². The fraction of sp³-hybridized carbons (Fsp3) is 0.556. The van der Waals surface area contributed by atoms with E-state index in [1.54, 1.807) is 0 Å². The Morgan fingerprint density at radius 3 is 2.16 bits per heavy atom. The zero-order valence-electron chi connectivity index (χ0n) is 10.3. The van der Waals surface area contributed by atoms with Crippen LogP contribution in [0.1, 0.15) is 0 Å². The number of furan rings is 1. The molecular formula is C9H15N3O5S2. The molecule has 0 bridgehead atoms. The molecule has 0 aromatic carbocycles. The zero-order valence-corrected chi connectivity index (χ0v) is 11.9. The molecule has 0 amide bonds. The van der Waals surface area contributed by atoms with E-state index in [2.05, 4.69) is 4.72 Å². The van der Waals surface area contributed by atoms with Gasteiger partial charge in [0.1, 0.15) is 0 Å². The second kappa shape index (κ2) is 5.21. The quantitative estimate of drug-likeness (QED) is 0.773. The van der Waals surface area contributed by atoms with E-state index in [0.717, 1.165) is 0 Å². The summed E-state index contributed by atoms with van der Waals surface area (Å²) in [7, 11) is -5.85. The van der Waals surface area contributed by atoms with E-state index in [0.29, 0.717) is 0 Å². The van der Waals surface area contributed by atoms with Gasteiger partial charge in [-0.2, -0.15) is 17.0 Å². The summed E-state index contributed by atoms with van der Waals surface area (Å²) in [5, 5.41) is -0.127. The molecule has 8 nitrogen and oxygen atoms in total. The Kier molecular flexibility index (Phi) is 3.97. The first-order valence-electron chi connectivity index (χ1n) is 5.60. The minimum Gasteiger partial charge on any atom is -0.452 e. The van der Waals surface area contributed by atoms with Gasteiger partial charge in [-0.05, 0) is 12.1 Å². The first kappa shape index (κ1) is 14.5. The maximum absolute atomic E-state index is 12.1. The highest BCUT2D eigenvalue weighted by molar-refractivity contribution is 7.89. The Labute approximate surface area is 112 Å². The summed E-state index contributed by atoms with van der Waals surface area (Å²) in [4.78, 5) is 0. The van der Waals surface area contributed by atoms with Crippen LogP contribution < -0.4 is 4.72 Å². The standard InChI is InChI=1S/C9H15N3O5S2/c1-10-19(15,16)12-6-4-11(5-7-12)18(13,14)9-3-2-8-17-9/h2-3,8,10H,4-7H2,1H3. The molecular weight excluding hydrogens is 294 g/mol. The Morgan fingerprint density at radius 1 is 1.11 bits per heavy atom. The lowest BCUT2D eigenvalue weighted by Crippen LogP contribution is -2.52. The lowest BCUT2D eigenvalue weighted by Gasteiger charge is -2.32. The van der Waals surface area contributed by atoms with E-state index in [1.165, 1.54) is 34.1 Å². The van der Waals surface area contributed by atoms with Crippen molar-refractivity contribution in [3.8, 4) is 0 Å². The molecule has 0 unspecified atom stereocenters. The van der Waals surface area contributed by atoms with Crippen molar-refractivity contribution in [2.24, 2.45) is 0 Å². The molecule has 0 radical (unpaired) electrons. The van der Waals surface area contributed by atoms with Crippen LogP contribution in [0.5, 0.6) is 0 Å². The normalized spacial score (nSPS) is 19.6. The molecule has 10 heteroatoms. The third-order valence-electron chi connectivity index (χ3n) is 2.88. The Balaban J connectivity index is 2.09. The number of sulfonamides is 1. The molecule has 0 saturated carbocycles. The van der Waals surface area contributed by atoms with Crippen LogP contribution >= 0.6 is 0 Å². The highest BCUT2D eigenvalue weighted by Gasteiger charge is 2.33. The second-order valence-corrected chi connectivity index (χ2v) is 7.69. The van der Waals surface area contributed by atoms with Gasteiger partial charge in [0, 0.05) is 33.2 Å². The summed E-state index contributed by atoms with van der Waals surface area (Å²) in [5.74, 6) is 0. The minimum absolute atomic E-state index is 0.101. The van der Waals surface area contributed by atoms with Gasteiger partial charge < -0.3 is 4.42 Å². The summed E-state index contributed by atoms with van der Waals surface area (Å²) in [6, 6.07) is 2.86. The molecule has 1 aromatic heterocycles. The smallest absolute Gasteiger partial charge is 0.279 e. The number of hydrogen-bond acceptors (Lipinski definition) is 5. The summed E-state index contributed by atoms with van der Waals surface area (Å²) in [5.41, 5.74) is 0. The fourth-order valence-corrected chi connectivity index (χ4v) is 4.05. The fourth-order valence-electron chi connectivity index (χ4n) is 1.82. The Hall–Kier alpha value is -0.940. The molecule has 1 aromatic rings. The lowest BCUT2D eigenvalue weighted by atomic mass is 10.4. The minimum atomic E-state index is -3.67. The summed E-state index contributed by atoms with van der Waals surface area (Å²) in [6.45, 7) is 0.431. The Morgan fingerprint density at radius 2 is 1.68 bits per heavy atom. The lowest BCUT2D eigenvalue weighted by molar-refractivity contribution is 0.266. The number of hydrogen-bond donors (Lipinski definition) is 1. The number of piperazine rings is 1. The predicted molar refractivity (Wildman–Crippen MR) is 67.0 cm³/mol. The molecule has 2 rings (SSSR count). The molecule has 2 heterocycles. The molecule has 0 atom stereocenters. The largest absolute Gasteiger partial charge is 0.452 e. The highest BCUT2D eigenvalue weighted by atomic mass is 32.2. The number of nitrogens with one attached hydrogen (secondary N) is 1. The van der Waals surface area contributed by atoms with Crippen LogP contribution in [-0.4, -0.2) is 58.7 Å². The van der Waals surface area contributed by atoms with Gasteiger partial charge in [0.15, 0.2) is 0 Å². The first-order chi connectivity index (χ1) is 8.88. The van der Waals surface area contributed by atoms with Crippen molar-refractivity contribution in [2.45, 2.75) is 5.09 Å². The number of rotatable bonds is 4. The molecule has 1 fully saturated rings. The van der Waals surface area contributed by atoms with E-state index < -0.39 is 20.2 Å². The maximum Gasteiger partial charge on any atom is 0.279 e. The van der Waals surface area contributed by atoms with Crippen LogP contribution in [0.4, 0.5) is 0 Å². The van der Waals surface area contributed by atoms with Gasteiger partial charge in [-0.15, -0.1) is 0 Å². The van der Waals surface area contributed by atoms with Crippen LogP contribution in [0.15, 0.2) is 27.9 Å². The third kappa shape index (κ3) is 2.82. The van der Waals surface area contributed by atoms with E-state index in [1.807, 2.05) is 0 Å². The monoisotopic (exact) mass is 309 g/mol. The van der Waals surface area contributed by atoms with Crippen LogP contribution in [0.25, 0.3) is 0 Å². The van der Waals surface area contributed by atoms with Crippen molar-refractivity contribution in [3.63, 3.8) is 0 Å². The highest BCUT2D eigenvalue weighted by Crippen LogP contribution is 2.18. The van der Waals surface area contributed by atoms with Crippen LogP contribution in [-0.2, 0) is 20.2 Å². The van der Waals surface area contributed by atoms with E-state index in [9.17, 15) is 16.8 Å². The van der Waals surface area contributed by atoms with Crippen molar-refractivity contribution in [2.75, 3.05) is 33.2 Å². The van der Waals surface area contributed by atoms with Gasteiger partial charge in [0.05, 0.1) is 6.26 Å². The summed E-state index contributed by atoms with van der Waals surface area (Å²) in [6.07, 6.45) is 1.29. The molecule has 108 valence electrons. The SMILES string of the molecule is CNS(=O)(=O)N1CCN(S(=O)(=O)c2ccco2)CC1. The predicted octanol–water partition coefficient (Wildman–Crippen LogP) is -0.950. The van der Waals surface area contributed by atoms with E-state index >= 15 is 0 Å². The van der Waals surface area contributed by atoms with Crippen LogP contribution in [0.2, 0.25) is 0 Å². The third-order valence-corrected chi connectivity index (χ3v) is 6.23. The topological polar surface area (TPSA) is 99.9 Å². The molecule has 1 aliphatic rings. The average molecular weight is 309 g/mol. The molecule has 19 heavy (non-hydrogen) atoms. The maximum atomic E-state index is 12.1. The molecule has 0 spiro atoms. The second-order valence-electron chi connectivity index (χ2n) is 3.94. The molecule has 1 N–H and O–H groups in total. The van der Waals surface area contributed by atoms with Crippen molar-refractivity contribution >= 4 is 20.2 Å². The van der Waals surface area contributed by atoms with E-state index in [-0.39, 0.29) is 31.3 Å². The molecule has 1 aliphatic heterocycles. The first-order valence-corrected chi connectivity index (χ1v) is 8.48. The van der Waals surface area contributed by atoms with Crippen molar-refractivity contribution < 1.29 is 21.3 Å². The number of nitrogens with zero attached hydrogens (tertiary/aromatic N) is 2. The van der Waals surface area contributed by atoms with Crippen molar-refractivity contribution in [1.82, 2.24) is 13.3 Å². The Bertz CT molecular complexity index is 615. The molecule has 1 saturated heterocycles. The summed E-state index contributed by atoms with van der Waals surface area (Å²) < 4.78 is 56.9. The summed E-state index contributed by atoms with van der Waals surface area (Å²) >= 11 is 0. The molecule has 0 aliphatic carbocycles.